The van der Waals surface area contributed by atoms with Crippen LogP contribution in [0.4, 0.5) is 19.0 Å². The van der Waals surface area contributed by atoms with E-state index in [1.54, 1.807) is 6.20 Å². The van der Waals surface area contributed by atoms with Crippen LogP contribution in [-0.4, -0.2) is 47.2 Å². The Morgan fingerprint density at radius 3 is 2.50 bits per heavy atom. The molecule has 7 heteroatoms. The van der Waals surface area contributed by atoms with Gasteiger partial charge in [0, 0.05) is 19.2 Å². The van der Waals surface area contributed by atoms with Crippen LogP contribution >= 0.6 is 0 Å². The average molecular weight is 364 g/mol. The molecule has 1 saturated heterocycles. The minimum atomic E-state index is -4.11. The van der Waals surface area contributed by atoms with Crippen LogP contribution in [0.15, 0.2) is 42.6 Å². The van der Waals surface area contributed by atoms with E-state index in [2.05, 4.69) is 15.3 Å². The van der Waals surface area contributed by atoms with E-state index in [0.717, 1.165) is 36.6 Å². The van der Waals surface area contributed by atoms with Crippen molar-refractivity contribution >= 4 is 5.82 Å². The van der Waals surface area contributed by atoms with Crippen LogP contribution in [-0.2, 0) is 6.42 Å². The number of piperidine rings is 1. The monoisotopic (exact) mass is 364 g/mol. The van der Waals surface area contributed by atoms with Gasteiger partial charge in [0.2, 0.25) is 0 Å². The summed E-state index contributed by atoms with van der Waals surface area (Å²) in [4.78, 5) is 10.3. The van der Waals surface area contributed by atoms with Gasteiger partial charge in [0.25, 0.3) is 0 Å². The van der Waals surface area contributed by atoms with E-state index in [0.29, 0.717) is 25.4 Å². The number of likely N-dealkylation sites (tertiary alicyclic amines) is 1. The van der Waals surface area contributed by atoms with Crippen molar-refractivity contribution in [2.45, 2.75) is 25.4 Å². The normalized spacial score (nSPS) is 16.6. The predicted molar refractivity (Wildman–Crippen MR) is 95.0 cm³/mol. The zero-order valence-corrected chi connectivity index (χ0v) is 14.5. The Morgan fingerprint density at radius 1 is 1.08 bits per heavy atom. The van der Waals surface area contributed by atoms with Crippen molar-refractivity contribution in [3.63, 3.8) is 0 Å². The minimum absolute atomic E-state index is 0.368. The lowest BCUT2D eigenvalue weighted by molar-refractivity contribution is -0.148. The molecule has 1 aliphatic heterocycles. The SMILES string of the molecule is FC(F)(F)CN1CCC(CNc2ccnc(Cc3ccccc3)n2)CC1. The zero-order valence-electron chi connectivity index (χ0n) is 14.5. The Kier molecular flexibility index (Phi) is 6.08. The molecular formula is C19H23F3N4. The van der Waals surface area contributed by atoms with Gasteiger partial charge in [0.05, 0.1) is 6.54 Å². The van der Waals surface area contributed by atoms with Crippen LogP contribution in [0.1, 0.15) is 24.2 Å². The van der Waals surface area contributed by atoms with Gasteiger partial charge in [-0.1, -0.05) is 30.3 Å². The number of hydrogen-bond donors (Lipinski definition) is 1. The standard InChI is InChI=1S/C19H23F3N4/c20-19(21,22)14-26-10-7-16(8-11-26)13-24-17-6-9-23-18(25-17)12-15-4-2-1-3-5-15/h1-6,9,16H,7-8,10-14H2,(H,23,24,25). The van der Waals surface area contributed by atoms with E-state index in [1.165, 1.54) is 4.90 Å². The summed E-state index contributed by atoms with van der Waals surface area (Å²) in [7, 11) is 0. The van der Waals surface area contributed by atoms with Crippen LogP contribution in [0.25, 0.3) is 0 Å². The molecule has 0 spiro atoms. The highest BCUT2D eigenvalue weighted by atomic mass is 19.4. The molecule has 0 unspecified atom stereocenters. The van der Waals surface area contributed by atoms with Gasteiger partial charge in [-0.2, -0.15) is 13.2 Å². The van der Waals surface area contributed by atoms with Crippen LogP contribution < -0.4 is 5.32 Å². The fourth-order valence-corrected chi connectivity index (χ4v) is 3.21. The van der Waals surface area contributed by atoms with E-state index in [4.69, 9.17) is 0 Å². The molecule has 0 atom stereocenters. The number of hydrogen-bond acceptors (Lipinski definition) is 4. The number of benzene rings is 1. The molecule has 2 heterocycles. The maximum Gasteiger partial charge on any atom is 0.401 e. The average Bonchev–Trinajstić information content (AvgIpc) is 2.61. The molecule has 2 aromatic rings. The first-order chi connectivity index (χ1) is 12.5. The molecule has 1 N–H and O–H groups in total. The van der Waals surface area contributed by atoms with Crippen LogP contribution in [0.5, 0.6) is 0 Å². The van der Waals surface area contributed by atoms with Gasteiger partial charge in [0.15, 0.2) is 0 Å². The molecule has 1 aromatic carbocycles. The summed E-state index contributed by atoms with van der Waals surface area (Å²) >= 11 is 0. The maximum atomic E-state index is 12.4. The molecule has 4 nitrogen and oxygen atoms in total. The summed E-state index contributed by atoms with van der Waals surface area (Å²) in [6, 6.07) is 11.9. The highest BCUT2D eigenvalue weighted by molar-refractivity contribution is 5.33. The topological polar surface area (TPSA) is 41.0 Å². The van der Waals surface area contributed by atoms with Gasteiger partial charge >= 0.3 is 6.18 Å². The predicted octanol–water partition coefficient (Wildman–Crippen LogP) is 3.75. The Morgan fingerprint density at radius 2 is 1.81 bits per heavy atom. The first kappa shape index (κ1) is 18.6. The summed E-state index contributed by atoms with van der Waals surface area (Å²) in [5.74, 6) is 1.89. The van der Waals surface area contributed by atoms with E-state index >= 15 is 0 Å². The molecule has 26 heavy (non-hydrogen) atoms. The first-order valence-corrected chi connectivity index (χ1v) is 8.87. The van der Waals surface area contributed by atoms with E-state index in [9.17, 15) is 13.2 Å². The Balaban J connectivity index is 1.46. The third kappa shape index (κ3) is 5.98. The summed E-state index contributed by atoms with van der Waals surface area (Å²) in [5, 5.41) is 3.31. The van der Waals surface area contributed by atoms with Crippen molar-refractivity contribution in [1.29, 1.82) is 0 Å². The van der Waals surface area contributed by atoms with Gasteiger partial charge in [-0.05, 0) is 43.5 Å². The second-order valence-corrected chi connectivity index (χ2v) is 6.74. The number of halogens is 3. The number of nitrogens with one attached hydrogen (secondary N) is 1. The summed E-state index contributed by atoms with van der Waals surface area (Å²) in [5.41, 5.74) is 1.15. The molecule has 3 rings (SSSR count). The fraction of sp³-hybridized carbons (Fsp3) is 0.474. The third-order valence-electron chi connectivity index (χ3n) is 4.59. The highest BCUT2D eigenvalue weighted by Crippen LogP contribution is 2.22. The molecule has 0 radical (unpaired) electrons. The maximum absolute atomic E-state index is 12.4. The van der Waals surface area contributed by atoms with Crippen molar-refractivity contribution in [2.75, 3.05) is 31.5 Å². The summed E-state index contributed by atoms with van der Waals surface area (Å²) in [6.45, 7) is 0.910. The second-order valence-electron chi connectivity index (χ2n) is 6.74. The van der Waals surface area contributed by atoms with Crippen molar-refractivity contribution in [1.82, 2.24) is 14.9 Å². The third-order valence-corrected chi connectivity index (χ3v) is 4.59. The van der Waals surface area contributed by atoms with Crippen molar-refractivity contribution in [2.24, 2.45) is 5.92 Å². The van der Waals surface area contributed by atoms with Gasteiger partial charge in [0.1, 0.15) is 11.6 Å². The Hall–Kier alpha value is -2.15. The first-order valence-electron chi connectivity index (χ1n) is 8.87. The van der Waals surface area contributed by atoms with Gasteiger partial charge in [-0.15, -0.1) is 0 Å². The Bertz CT molecular complexity index is 683. The van der Waals surface area contributed by atoms with Crippen molar-refractivity contribution in [3.05, 3.63) is 54.0 Å². The number of anilines is 1. The van der Waals surface area contributed by atoms with Gasteiger partial charge < -0.3 is 5.32 Å². The molecule has 1 aliphatic rings. The van der Waals surface area contributed by atoms with Crippen molar-refractivity contribution in [3.8, 4) is 0 Å². The zero-order chi connectivity index (χ0) is 18.4. The number of nitrogens with zero attached hydrogens (tertiary/aromatic N) is 3. The molecular weight excluding hydrogens is 341 g/mol. The Labute approximate surface area is 151 Å². The van der Waals surface area contributed by atoms with E-state index < -0.39 is 12.7 Å². The molecule has 140 valence electrons. The van der Waals surface area contributed by atoms with Crippen LogP contribution in [0, 0.1) is 5.92 Å². The van der Waals surface area contributed by atoms with E-state index in [-0.39, 0.29) is 0 Å². The van der Waals surface area contributed by atoms with E-state index in [1.807, 2.05) is 36.4 Å². The minimum Gasteiger partial charge on any atom is -0.370 e. The molecule has 1 fully saturated rings. The largest absolute Gasteiger partial charge is 0.401 e. The van der Waals surface area contributed by atoms with Crippen LogP contribution in [0.2, 0.25) is 0 Å². The van der Waals surface area contributed by atoms with Crippen LogP contribution in [0.3, 0.4) is 0 Å². The highest BCUT2D eigenvalue weighted by Gasteiger charge is 2.32. The number of aromatic nitrogens is 2. The van der Waals surface area contributed by atoms with Gasteiger partial charge in [-0.25, -0.2) is 9.97 Å². The summed E-state index contributed by atoms with van der Waals surface area (Å²) < 4.78 is 37.3. The molecule has 1 aromatic heterocycles. The summed E-state index contributed by atoms with van der Waals surface area (Å²) in [6.07, 6.45) is -0.164. The smallest absolute Gasteiger partial charge is 0.370 e. The number of alkyl halides is 3. The molecule has 0 aliphatic carbocycles. The quantitative estimate of drug-likeness (QED) is 0.848. The fourth-order valence-electron chi connectivity index (χ4n) is 3.21. The lowest BCUT2D eigenvalue weighted by Crippen LogP contribution is -2.41. The lowest BCUT2D eigenvalue weighted by atomic mass is 9.97. The molecule has 0 bridgehead atoms. The number of rotatable bonds is 6. The lowest BCUT2D eigenvalue weighted by Gasteiger charge is -2.32. The van der Waals surface area contributed by atoms with Crippen molar-refractivity contribution < 1.29 is 13.2 Å². The van der Waals surface area contributed by atoms with Gasteiger partial charge in [-0.3, -0.25) is 4.90 Å². The molecule has 0 saturated carbocycles. The second kappa shape index (κ2) is 8.49. The molecule has 0 amide bonds.